The first kappa shape index (κ1) is 17.5. The number of aryl methyl sites for hydroxylation is 1. The number of rotatable bonds is 4. The smallest absolute Gasteiger partial charge is 0.229 e. The molecule has 2 N–H and O–H groups in total. The van der Waals surface area contributed by atoms with Crippen LogP contribution in [-0.2, 0) is 11.8 Å². The molecule has 2 aromatic rings. The van der Waals surface area contributed by atoms with Crippen LogP contribution in [-0.4, -0.2) is 34.4 Å². The Kier molecular flexibility index (Phi) is 4.81. The highest BCUT2D eigenvalue weighted by Crippen LogP contribution is 2.32. The Labute approximate surface area is 148 Å². The van der Waals surface area contributed by atoms with E-state index in [1.807, 2.05) is 64.5 Å². The second-order valence-corrected chi connectivity index (χ2v) is 7.52. The molecule has 0 radical (unpaired) electrons. The van der Waals surface area contributed by atoms with Crippen LogP contribution in [0, 0.1) is 5.92 Å². The molecule has 1 saturated heterocycles. The number of carbonyl (C=O) groups is 1. The van der Waals surface area contributed by atoms with E-state index in [1.165, 1.54) is 0 Å². The van der Waals surface area contributed by atoms with Crippen molar-refractivity contribution in [2.24, 2.45) is 13.0 Å². The minimum atomic E-state index is -0.325. The van der Waals surface area contributed by atoms with Crippen LogP contribution in [0.2, 0.25) is 0 Å². The van der Waals surface area contributed by atoms with Crippen molar-refractivity contribution in [2.75, 3.05) is 18.4 Å². The van der Waals surface area contributed by atoms with Crippen molar-refractivity contribution in [1.82, 2.24) is 15.1 Å². The fourth-order valence-corrected chi connectivity index (χ4v) is 3.15. The summed E-state index contributed by atoms with van der Waals surface area (Å²) in [6, 6.07) is 7.57. The predicted octanol–water partition coefficient (Wildman–Crippen LogP) is 2.54. The number of ether oxygens (including phenoxy) is 1. The van der Waals surface area contributed by atoms with Gasteiger partial charge in [0.2, 0.25) is 5.91 Å². The second-order valence-electron chi connectivity index (χ2n) is 7.52. The van der Waals surface area contributed by atoms with E-state index in [9.17, 15) is 4.79 Å². The molecule has 2 atom stereocenters. The molecule has 6 nitrogen and oxygen atoms in total. The Morgan fingerprint density at radius 2 is 2.08 bits per heavy atom. The van der Waals surface area contributed by atoms with Crippen LogP contribution in [0.25, 0.3) is 0 Å². The molecule has 0 spiro atoms. The number of nitrogens with zero attached hydrogens (tertiary/aromatic N) is 2. The van der Waals surface area contributed by atoms with Gasteiger partial charge in [0.15, 0.2) is 0 Å². The van der Waals surface area contributed by atoms with Gasteiger partial charge in [-0.3, -0.25) is 9.48 Å². The van der Waals surface area contributed by atoms with E-state index in [1.54, 1.807) is 4.68 Å². The van der Waals surface area contributed by atoms with E-state index < -0.39 is 0 Å². The molecule has 0 unspecified atom stereocenters. The molecule has 1 aliphatic rings. The number of carbonyl (C=O) groups excluding carboxylic acids is 1. The van der Waals surface area contributed by atoms with Crippen LogP contribution in [0.5, 0.6) is 5.75 Å². The topological polar surface area (TPSA) is 68.2 Å². The van der Waals surface area contributed by atoms with Gasteiger partial charge in [-0.2, -0.15) is 5.10 Å². The molecule has 0 aliphatic carbocycles. The summed E-state index contributed by atoms with van der Waals surface area (Å²) >= 11 is 0. The van der Waals surface area contributed by atoms with Gasteiger partial charge in [0.1, 0.15) is 11.4 Å². The highest BCUT2D eigenvalue weighted by Gasteiger charge is 2.35. The van der Waals surface area contributed by atoms with Gasteiger partial charge in [0.05, 0.1) is 17.8 Å². The maximum absolute atomic E-state index is 12.9. The summed E-state index contributed by atoms with van der Waals surface area (Å²) < 4.78 is 7.74. The monoisotopic (exact) mass is 342 g/mol. The maximum atomic E-state index is 12.9. The van der Waals surface area contributed by atoms with Crippen LogP contribution in [0.1, 0.15) is 32.3 Å². The second kappa shape index (κ2) is 6.88. The molecule has 6 heteroatoms. The fourth-order valence-electron chi connectivity index (χ4n) is 3.15. The molecule has 3 rings (SSSR count). The van der Waals surface area contributed by atoms with Crippen LogP contribution >= 0.6 is 0 Å². The number of hydrogen-bond donors (Lipinski definition) is 2. The maximum Gasteiger partial charge on any atom is 0.229 e. The van der Waals surface area contributed by atoms with Crippen molar-refractivity contribution in [3.63, 3.8) is 0 Å². The molecule has 1 aromatic heterocycles. The normalized spacial score (nSPS) is 20.5. The fraction of sp³-hybridized carbons (Fsp3) is 0.474. The summed E-state index contributed by atoms with van der Waals surface area (Å²) in [6.45, 7) is 7.42. The van der Waals surface area contributed by atoms with E-state index in [2.05, 4.69) is 15.7 Å². The van der Waals surface area contributed by atoms with Gasteiger partial charge in [-0.05, 0) is 38.5 Å². The summed E-state index contributed by atoms with van der Waals surface area (Å²) in [5.74, 6) is 0.687. The van der Waals surface area contributed by atoms with Crippen molar-refractivity contribution in [3.8, 4) is 5.75 Å². The first-order valence-electron chi connectivity index (χ1n) is 8.61. The molecular formula is C19H26N4O2. The van der Waals surface area contributed by atoms with Gasteiger partial charge >= 0.3 is 0 Å². The largest absolute Gasteiger partial charge is 0.486 e. The van der Waals surface area contributed by atoms with E-state index >= 15 is 0 Å². The lowest BCUT2D eigenvalue weighted by Gasteiger charge is -2.24. The van der Waals surface area contributed by atoms with Gasteiger partial charge in [-0.25, -0.2) is 0 Å². The van der Waals surface area contributed by atoms with Crippen LogP contribution in [0.4, 0.5) is 5.69 Å². The van der Waals surface area contributed by atoms with E-state index in [0.29, 0.717) is 18.0 Å². The highest BCUT2D eigenvalue weighted by atomic mass is 16.5. The van der Waals surface area contributed by atoms with Gasteiger partial charge in [-0.15, -0.1) is 0 Å². The number of para-hydroxylation sites is 2. The number of hydrogen-bond acceptors (Lipinski definition) is 4. The first-order valence-corrected chi connectivity index (χ1v) is 8.61. The molecule has 1 aliphatic heterocycles. The highest BCUT2D eigenvalue weighted by molar-refractivity contribution is 5.95. The lowest BCUT2D eigenvalue weighted by Crippen LogP contribution is -2.29. The van der Waals surface area contributed by atoms with Crippen molar-refractivity contribution in [2.45, 2.75) is 32.3 Å². The summed E-state index contributed by atoms with van der Waals surface area (Å²) in [5, 5.41) is 10.6. The van der Waals surface area contributed by atoms with Crippen molar-refractivity contribution >= 4 is 11.6 Å². The standard InChI is InChI=1S/C19H26N4O2/c1-19(2,3)25-17-8-6-5-7-16(17)22-18(24)15-11-20-10-14(15)13-9-21-23(4)12-13/h5-9,12,14-15,20H,10-11H2,1-4H3,(H,22,24)/t14-,15+/m1/s1. The Morgan fingerprint density at radius 3 is 2.76 bits per heavy atom. The number of anilines is 1. The third-order valence-corrected chi connectivity index (χ3v) is 4.27. The number of aromatic nitrogens is 2. The zero-order valence-electron chi connectivity index (χ0n) is 15.2. The zero-order valence-corrected chi connectivity index (χ0v) is 15.2. The van der Waals surface area contributed by atoms with Crippen molar-refractivity contribution < 1.29 is 9.53 Å². The first-order chi connectivity index (χ1) is 11.8. The number of amides is 1. The van der Waals surface area contributed by atoms with Crippen molar-refractivity contribution in [1.29, 1.82) is 0 Å². The summed E-state index contributed by atoms with van der Waals surface area (Å²) in [7, 11) is 1.89. The third kappa shape index (κ3) is 4.20. The Balaban J connectivity index is 1.76. The molecular weight excluding hydrogens is 316 g/mol. The lowest BCUT2D eigenvalue weighted by atomic mass is 9.90. The number of benzene rings is 1. The van der Waals surface area contributed by atoms with E-state index in [0.717, 1.165) is 12.1 Å². The summed E-state index contributed by atoms with van der Waals surface area (Å²) in [6.07, 6.45) is 3.82. The molecule has 2 heterocycles. The van der Waals surface area contributed by atoms with Gasteiger partial charge in [-0.1, -0.05) is 12.1 Å². The minimum absolute atomic E-state index is 0.00353. The van der Waals surface area contributed by atoms with Crippen LogP contribution < -0.4 is 15.4 Å². The Morgan fingerprint density at radius 1 is 1.32 bits per heavy atom. The van der Waals surface area contributed by atoms with Gasteiger partial charge in [0.25, 0.3) is 0 Å². The lowest BCUT2D eigenvalue weighted by molar-refractivity contribution is -0.119. The quantitative estimate of drug-likeness (QED) is 0.896. The van der Waals surface area contributed by atoms with E-state index in [4.69, 9.17) is 4.74 Å². The molecule has 134 valence electrons. The summed E-state index contributed by atoms with van der Waals surface area (Å²) in [5.41, 5.74) is 1.47. The average molecular weight is 342 g/mol. The molecule has 1 fully saturated rings. The Bertz CT molecular complexity index is 748. The molecule has 0 saturated carbocycles. The van der Waals surface area contributed by atoms with Gasteiger partial charge in [0, 0.05) is 32.3 Å². The number of nitrogens with one attached hydrogen (secondary N) is 2. The third-order valence-electron chi connectivity index (χ3n) is 4.27. The average Bonchev–Trinajstić information content (AvgIpc) is 3.16. The molecule has 25 heavy (non-hydrogen) atoms. The molecule has 1 aromatic carbocycles. The summed E-state index contributed by atoms with van der Waals surface area (Å²) in [4.78, 5) is 12.9. The Hall–Kier alpha value is -2.34. The van der Waals surface area contributed by atoms with Crippen LogP contribution in [0.3, 0.4) is 0 Å². The molecule has 0 bridgehead atoms. The van der Waals surface area contributed by atoms with Crippen LogP contribution in [0.15, 0.2) is 36.7 Å². The minimum Gasteiger partial charge on any atom is -0.486 e. The van der Waals surface area contributed by atoms with Crippen molar-refractivity contribution in [3.05, 3.63) is 42.2 Å². The van der Waals surface area contributed by atoms with Gasteiger partial charge < -0.3 is 15.4 Å². The van der Waals surface area contributed by atoms with E-state index in [-0.39, 0.29) is 23.3 Å². The predicted molar refractivity (Wildman–Crippen MR) is 97.8 cm³/mol. The SMILES string of the molecule is Cn1cc([C@H]2CNC[C@@H]2C(=O)Nc2ccccc2OC(C)(C)C)cn1. The molecule has 1 amide bonds. The zero-order chi connectivity index (χ0) is 18.0.